The number of methoxy groups -OCH3 is 1. The van der Waals surface area contributed by atoms with Crippen molar-refractivity contribution in [2.75, 3.05) is 18.2 Å². The topological polar surface area (TPSA) is 64.3 Å². The van der Waals surface area contributed by atoms with Gasteiger partial charge in [-0.15, -0.1) is 0 Å². The molecular formula is C12H17ClN2O2. The molecule has 0 radical (unpaired) electrons. The molecule has 1 unspecified atom stereocenters. The summed E-state index contributed by atoms with van der Waals surface area (Å²) in [4.78, 5) is 11.6. The molecule has 0 aliphatic heterocycles. The Kier molecular flexibility index (Phi) is 4.63. The summed E-state index contributed by atoms with van der Waals surface area (Å²) in [5.74, 6) is -0.454. The van der Waals surface area contributed by atoms with Crippen LogP contribution in [0.25, 0.3) is 0 Å². The number of carbonyl (C=O) groups is 1. The number of halogens is 1. The fourth-order valence-corrected chi connectivity index (χ4v) is 1.68. The maximum atomic E-state index is 11.6. The van der Waals surface area contributed by atoms with E-state index in [-0.39, 0.29) is 6.04 Å². The molecule has 94 valence electrons. The third-order valence-electron chi connectivity index (χ3n) is 2.52. The number of nitrogens with two attached hydrogens (primary N) is 1. The smallest absolute Gasteiger partial charge is 0.340 e. The molecule has 4 nitrogen and oxygen atoms in total. The zero-order valence-electron chi connectivity index (χ0n) is 10.2. The number of carbonyl (C=O) groups excluding carboxylic acids is 1. The number of esters is 1. The Bertz CT molecular complexity index is 421. The third-order valence-corrected chi connectivity index (χ3v) is 2.82. The molecule has 0 saturated carbocycles. The highest BCUT2D eigenvalue weighted by Gasteiger charge is 2.17. The van der Waals surface area contributed by atoms with Crippen molar-refractivity contribution in [3.63, 3.8) is 0 Å². The van der Waals surface area contributed by atoms with Crippen molar-refractivity contribution in [3.05, 3.63) is 22.7 Å². The van der Waals surface area contributed by atoms with Crippen molar-refractivity contribution in [1.29, 1.82) is 0 Å². The van der Waals surface area contributed by atoms with E-state index in [1.165, 1.54) is 7.11 Å². The average Bonchev–Trinajstić information content (AvgIpc) is 2.30. The first-order valence-electron chi connectivity index (χ1n) is 5.43. The fraction of sp³-hybridized carbons (Fsp3) is 0.417. The van der Waals surface area contributed by atoms with Crippen LogP contribution < -0.4 is 11.1 Å². The van der Waals surface area contributed by atoms with Gasteiger partial charge in [0.25, 0.3) is 0 Å². The summed E-state index contributed by atoms with van der Waals surface area (Å²) >= 11 is 6.09. The molecule has 1 rings (SSSR count). The highest BCUT2D eigenvalue weighted by molar-refractivity contribution is 6.34. The van der Waals surface area contributed by atoms with Crippen LogP contribution in [0.5, 0.6) is 0 Å². The number of nitrogens with one attached hydrogen (secondary N) is 1. The van der Waals surface area contributed by atoms with Gasteiger partial charge in [-0.05, 0) is 25.5 Å². The second kappa shape index (κ2) is 5.77. The van der Waals surface area contributed by atoms with Crippen LogP contribution in [-0.2, 0) is 4.74 Å². The zero-order chi connectivity index (χ0) is 13.0. The summed E-state index contributed by atoms with van der Waals surface area (Å²) in [5, 5.41) is 3.60. The van der Waals surface area contributed by atoms with Crippen LogP contribution in [0.15, 0.2) is 12.1 Å². The van der Waals surface area contributed by atoms with Crippen molar-refractivity contribution >= 4 is 28.9 Å². The Morgan fingerprint density at radius 1 is 1.59 bits per heavy atom. The SMILES string of the molecule is CCC(C)Nc1c(Cl)cc(N)cc1C(=O)OC. The van der Waals surface area contributed by atoms with Gasteiger partial charge in [0.05, 0.1) is 23.4 Å². The molecule has 0 heterocycles. The minimum Gasteiger partial charge on any atom is -0.465 e. The minimum atomic E-state index is -0.454. The molecule has 0 aromatic heterocycles. The lowest BCUT2D eigenvalue weighted by Gasteiger charge is -2.17. The number of nitrogen functional groups attached to an aromatic ring is 1. The molecule has 1 aromatic carbocycles. The maximum Gasteiger partial charge on any atom is 0.340 e. The number of ether oxygens (including phenoxy) is 1. The lowest BCUT2D eigenvalue weighted by atomic mass is 10.1. The lowest BCUT2D eigenvalue weighted by molar-refractivity contribution is 0.0602. The van der Waals surface area contributed by atoms with E-state index in [2.05, 4.69) is 5.32 Å². The summed E-state index contributed by atoms with van der Waals surface area (Å²) in [5.41, 5.74) is 7.03. The highest BCUT2D eigenvalue weighted by atomic mass is 35.5. The zero-order valence-corrected chi connectivity index (χ0v) is 11.0. The lowest BCUT2D eigenvalue weighted by Crippen LogP contribution is -2.17. The summed E-state index contributed by atoms with van der Waals surface area (Å²) in [6, 6.07) is 3.38. The van der Waals surface area contributed by atoms with E-state index in [0.717, 1.165) is 6.42 Å². The Hall–Kier alpha value is -1.42. The minimum absolute atomic E-state index is 0.208. The van der Waals surface area contributed by atoms with Gasteiger partial charge in [-0.1, -0.05) is 18.5 Å². The van der Waals surface area contributed by atoms with Crippen molar-refractivity contribution < 1.29 is 9.53 Å². The Morgan fingerprint density at radius 3 is 2.76 bits per heavy atom. The van der Waals surface area contributed by atoms with E-state index in [1.54, 1.807) is 12.1 Å². The average molecular weight is 257 g/mol. The van der Waals surface area contributed by atoms with E-state index in [4.69, 9.17) is 22.1 Å². The molecule has 0 bridgehead atoms. The third kappa shape index (κ3) is 3.27. The first-order chi connectivity index (χ1) is 7.99. The number of rotatable bonds is 4. The highest BCUT2D eigenvalue weighted by Crippen LogP contribution is 2.30. The molecule has 1 atom stereocenters. The first kappa shape index (κ1) is 13.6. The number of anilines is 2. The van der Waals surface area contributed by atoms with E-state index in [9.17, 15) is 4.79 Å². The summed E-state index contributed by atoms with van der Waals surface area (Å²) in [6.45, 7) is 4.05. The normalized spacial score (nSPS) is 12.0. The van der Waals surface area contributed by atoms with Gasteiger partial charge in [-0.2, -0.15) is 0 Å². The van der Waals surface area contributed by atoms with Gasteiger partial charge < -0.3 is 15.8 Å². The van der Waals surface area contributed by atoms with Gasteiger partial charge in [0.1, 0.15) is 0 Å². The predicted molar refractivity (Wildman–Crippen MR) is 70.6 cm³/mol. The fourth-order valence-electron chi connectivity index (χ4n) is 1.39. The summed E-state index contributed by atoms with van der Waals surface area (Å²) < 4.78 is 4.71. The van der Waals surface area contributed by atoms with Crippen LogP contribution in [0.4, 0.5) is 11.4 Å². The molecule has 0 fully saturated rings. The Morgan fingerprint density at radius 2 is 2.24 bits per heavy atom. The first-order valence-corrected chi connectivity index (χ1v) is 5.81. The largest absolute Gasteiger partial charge is 0.465 e. The molecule has 0 aliphatic carbocycles. The van der Waals surface area contributed by atoms with Gasteiger partial charge in [0.15, 0.2) is 0 Å². The molecule has 1 aromatic rings. The number of hydrogen-bond acceptors (Lipinski definition) is 4. The Labute approximate surface area is 106 Å². The molecule has 0 amide bonds. The second-order valence-electron chi connectivity index (χ2n) is 3.87. The summed E-state index contributed by atoms with van der Waals surface area (Å²) in [7, 11) is 1.33. The molecule has 0 saturated heterocycles. The second-order valence-corrected chi connectivity index (χ2v) is 4.28. The van der Waals surface area contributed by atoms with Crippen LogP contribution in [0.3, 0.4) is 0 Å². The van der Waals surface area contributed by atoms with E-state index in [0.29, 0.717) is 22.0 Å². The van der Waals surface area contributed by atoms with E-state index >= 15 is 0 Å². The van der Waals surface area contributed by atoms with Gasteiger partial charge in [0.2, 0.25) is 0 Å². The molecule has 5 heteroatoms. The quantitative estimate of drug-likeness (QED) is 0.642. The Balaban J connectivity index is 3.20. The van der Waals surface area contributed by atoms with Crippen molar-refractivity contribution in [2.24, 2.45) is 0 Å². The monoisotopic (exact) mass is 256 g/mol. The van der Waals surface area contributed by atoms with Gasteiger partial charge >= 0.3 is 5.97 Å². The van der Waals surface area contributed by atoms with Crippen molar-refractivity contribution in [1.82, 2.24) is 0 Å². The van der Waals surface area contributed by atoms with Crippen LogP contribution in [-0.4, -0.2) is 19.1 Å². The molecule has 0 spiro atoms. The van der Waals surface area contributed by atoms with Crippen LogP contribution in [0.1, 0.15) is 30.6 Å². The standard InChI is InChI=1S/C12H17ClN2O2/c1-4-7(2)15-11-9(12(16)17-3)5-8(14)6-10(11)13/h5-7,15H,4,14H2,1-3H3. The molecular weight excluding hydrogens is 240 g/mol. The number of benzene rings is 1. The van der Waals surface area contributed by atoms with Gasteiger partial charge in [0, 0.05) is 11.7 Å². The van der Waals surface area contributed by atoms with Crippen LogP contribution in [0, 0.1) is 0 Å². The van der Waals surface area contributed by atoms with Crippen LogP contribution in [0.2, 0.25) is 5.02 Å². The van der Waals surface area contributed by atoms with Crippen LogP contribution >= 0.6 is 11.6 Å². The predicted octanol–water partition coefficient (Wildman–Crippen LogP) is 2.92. The van der Waals surface area contributed by atoms with E-state index < -0.39 is 5.97 Å². The number of hydrogen-bond donors (Lipinski definition) is 2. The molecule has 3 N–H and O–H groups in total. The molecule has 17 heavy (non-hydrogen) atoms. The van der Waals surface area contributed by atoms with Crippen molar-refractivity contribution in [3.8, 4) is 0 Å². The van der Waals surface area contributed by atoms with Gasteiger partial charge in [-0.25, -0.2) is 4.79 Å². The van der Waals surface area contributed by atoms with E-state index in [1.807, 2.05) is 13.8 Å². The summed E-state index contributed by atoms with van der Waals surface area (Å²) in [6.07, 6.45) is 0.918. The molecule has 0 aliphatic rings. The van der Waals surface area contributed by atoms with Gasteiger partial charge in [-0.3, -0.25) is 0 Å². The van der Waals surface area contributed by atoms with Crippen molar-refractivity contribution in [2.45, 2.75) is 26.3 Å². The maximum absolute atomic E-state index is 11.6.